The molecule has 9 nitrogen and oxygen atoms in total. The van der Waals surface area contributed by atoms with Crippen molar-refractivity contribution in [2.75, 3.05) is 32.7 Å². The van der Waals surface area contributed by atoms with Gasteiger partial charge in [-0.3, -0.25) is 9.78 Å². The second-order valence-corrected chi connectivity index (χ2v) is 6.77. The Hall–Kier alpha value is -2.68. The van der Waals surface area contributed by atoms with Crippen LogP contribution >= 0.6 is 0 Å². The van der Waals surface area contributed by atoms with Crippen LogP contribution in [0.15, 0.2) is 25.2 Å². The highest BCUT2D eigenvalue weighted by Gasteiger charge is 2.19. The van der Waals surface area contributed by atoms with Gasteiger partial charge in [0.25, 0.3) is 5.56 Å². The first-order chi connectivity index (χ1) is 13.5. The number of likely N-dealkylation sites (N-methyl/N-ethyl adjacent to an activating group) is 1. The standard InChI is InChI=1S/C19H27N5O4/c1-4-7-14(24-10-8-23(6-3)9-11-24)22-28-19-20-17(26)16-13(5-2)12-15(25)27-18(16)21-19/h12H,4-11H2,1-3H3,(H,20,21,26)/b22-14+. The number of hydrogen-bond donors (Lipinski definition) is 1. The number of aromatic amines is 1. The molecule has 0 amide bonds. The number of fused-ring (bicyclic) bond motifs is 1. The fourth-order valence-corrected chi connectivity index (χ4v) is 3.35. The lowest BCUT2D eigenvalue weighted by molar-refractivity contribution is 0.182. The van der Waals surface area contributed by atoms with Gasteiger partial charge in [-0.05, 0) is 24.9 Å². The first kappa shape index (κ1) is 20.1. The van der Waals surface area contributed by atoms with E-state index < -0.39 is 11.2 Å². The molecule has 1 N–H and O–H groups in total. The van der Waals surface area contributed by atoms with Crippen LogP contribution in [-0.2, 0) is 6.42 Å². The van der Waals surface area contributed by atoms with Crippen LogP contribution in [0.4, 0.5) is 0 Å². The van der Waals surface area contributed by atoms with Gasteiger partial charge in [0.15, 0.2) is 0 Å². The Morgan fingerprint density at radius 3 is 2.64 bits per heavy atom. The molecular weight excluding hydrogens is 362 g/mol. The van der Waals surface area contributed by atoms with Gasteiger partial charge in [0.1, 0.15) is 11.2 Å². The number of H-pyrrole nitrogens is 1. The number of rotatable bonds is 6. The van der Waals surface area contributed by atoms with Gasteiger partial charge in [-0.1, -0.05) is 25.9 Å². The van der Waals surface area contributed by atoms with Crippen molar-refractivity contribution in [1.82, 2.24) is 19.8 Å². The van der Waals surface area contributed by atoms with Crippen molar-refractivity contribution in [2.45, 2.75) is 40.0 Å². The molecule has 3 rings (SSSR count). The Kier molecular flexibility index (Phi) is 6.45. The zero-order valence-electron chi connectivity index (χ0n) is 16.7. The van der Waals surface area contributed by atoms with Crippen molar-refractivity contribution in [3.8, 4) is 6.01 Å². The summed E-state index contributed by atoms with van der Waals surface area (Å²) in [5.74, 6) is 0.824. The summed E-state index contributed by atoms with van der Waals surface area (Å²) >= 11 is 0. The van der Waals surface area contributed by atoms with Crippen LogP contribution in [0, 0.1) is 0 Å². The fraction of sp³-hybridized carbons (Fsp3) is 0.579. The molecule has 152 valence electrons. The van der Waals surface area contributed by atoms with E-state index in [9.17, 15) is 9.59 Å². The number of oxime groups is 1. The van der Waals surface area contributed by atoms with Crippen LogP contribution in [0.5, 0.6) is 6.01 Å². The summed E-state index contributed by atoms with van der Waals surface area (Å²) < 4.78 is 5.09. The van der Waals surface area contributed by atoms with Crippen molar-refractivity contribution in [3.05, 3.63) is 32.4 Å². The van der Waals surface area contributed by atoms with E-state index in [1.165, 1.54) is 6.07 Å². The summed E-state index contributed by atoms with van der Waals surface area (Å²) in [5.41, 5.74) is -0.399. The first-order valence-electron chi connectivity index (χ1n) is 9.83. The lowest BCUT2D eigenvalue weighted by Gasteiger charge is -2.35. The molecule has 2 aromatic heterocycles. The third-order valence-corrected chi connectivity index (χ3v) is 4.95. The molecule has 9 heteroatoms. The van der Waals surface area contributed by atoms with Crippen molar-refractivity contribution in [3.63, 3.8) is 0 Å². The predicted molar refractivity (Wildman–Crippen MR) is 107 cm³/mol. The van der Waals surface area contributed by atoms with Crippen LogP contribution in [0.2, 0.25) is 0 Å². The Morgan fingerprint density at radius 2 is 2.00 bits per heavy atom. The van der Waals surface area contributed by atoms with Gasteiger partial charge in [0.2, 0.25) is 5.71 Å². The molecule has 0 atom stereocenters. The van der Waals surface area contributed by atoms with Crippen molar-refractivity contribution < 1.29 is 9.25 Å². The van der Waals surface area contributed by atoms with Crippen LogP contribution in [0.25, 0.3) is 11.1 Å². The molecule has 1 aliphatic heterocycles. The number of hydrogen-bond acceptors (Lipinski definition) is 7. The van der Waals surface area contributed by atoms with E-state index in [1.807, 2.05) is 6.92 Å². The topological polar surface area (TPSA) is 104 Å². The summed E-state index contributed by atoms with van der Waals surface area (Å²) in [6.07, 6.45) is 2.21. The van der Waals surface area contributed by atoms with Crippen LogP contribution in [-0.4, -0.2) is 58.3 Å². The highest BCUT2D eigenvalue weighted by atomic mass is 16.6. The van der Waals surface area contributed by atoms with Crippen LogP contribution in [0.3, 0.4) is 0 Å². The third-order valence-electron chi connectivity index (χ3n) is 4.95. The molecule has 0 bridgehead atoms. The maximum absolute atomic E-state index is 12.4. The van der Waals surface area contributed by atoms with E-state index >= 15 is 0 Å². The molecule has 1 saturated heterocycles. The number of nitrogens with one attached hydrogen (secondary N) is 1. The maximum Gasteiger partial charge on any atom is 0.337 e. The van der Waals surface area contributed by atoms with Crippen molar-refractivity contribution >= 4 is 16.9 Å². The normalized spacial score (nSPS) is 16.0. The van der Waals surface area contributed by atoms with Gasteiger partial charge in [-0.15, -0.1) is 0 Å². The monoisotopic (exact) mass is 389 g/mol. The van der Waals surface area contributed by atoms with Crippen molar-refractivity contribution in [2.24, 2.45) is 5.16 Å². The molecule has 28 heavy (non-hydrogen) atoms. The van der Waals surface area contributed by atoms with E-state index in [4.69, 9.17) is 9.25 Å². The SMILES string of the molecule is CCC/C(=N\Oc1nc2oc(=O)cc(CC)c2c(=O)[nH]1)N1CCN(CC)CC1. The Labute approximate surface area is 163 Å². The predicted octanol–water partition coefficient (Wildman–Crippen LogP) is 1.57. The summed E-state index contributed by atoms with van der Waals surface area (Å²) in [6, 6.07) is 1.22. The molecule has 0 aliphatic carbocycles. The Morgan fingerprint density at radius 1 is 1.25 bits per heavy atom. The maximum atomic E-state index is 12.4. The molecule has 2 aromatic rings. The van der Waals surface area contributed by atoms with Crippen LogP contribution < -0.4 is 16.0 Å². The average Bonchev–Trinajstić information content (AvgIpc) is 2.70. The summed E-state index contributed by atoms with van der Waals surface area (Å²) in [6.45, 7) is 10.9. The van der Waals surface area contributed by atoms with E-state index in [0.29, 0.717) is 12.0 Å². The minimum Gasteiger partial charge on any atom is -0.403 e. The third kappa shape index (κ3) is 4.41. The number of nitrogens with zero attached hydrogens (tertiary/aromatic N) is 4. The minimum atomic E-state index is -0.544. The molecular formula is C19H27N5O4. The zero-order valence-corrected chi connectivity index (χ0v) is 16.7. The number of aromatic nitrogens is 2. The van der Waals surface area contributed by atoms with E-state index in [-0.39, 0.29) is 17.1 Å². The highest BCUT2D eigenvalue weighted by molar-refractivity contribution is 5.82. The molecule has 1 aliphatic rings. The average molecular weight is 389 g/mol. The largest absolute Gasteiger partial charge is 0.403 e. The smallest absolute Gasteiger partial charge is 0.337 e. The van der Waals surface area contributed by atoms with Crippen LogP contribution in [0.1, 0.15) is 39.2 Å². The molecule has 0 spiro atoms. The van der Waals surface area contributed by atoms with Crippen molar-refractivity contribution in [1.29, 1.82) is 0 Å². The number of amidine groups is 1. The molecule has 0 saturated carbocycles. The number of piperazine rings is 1. The molecule has 1 fully saturated rings. The molecule has 0 radical (unpaired) electrons. The van der Waals surface area contributed by atoms with E-state index in [2.05, 4.69) is 38.8 Å². The molecule has 0 unspecified atom stereocenters. The van der Waals surface area contributed by atoms with Gasteiger partial charge < -0.3 is 19.1 Å². The Bertz CT molecular complexity index is 957. The zero-order chi connectivity index (χ0) is 20.1. The van der Waals surface area contributed by atoms with E-state index in [0.717, 1.165) is 51.4 Å². The van der Waals surface area contributed by atoms with Gasteiger partial charge >= 0.3 is 11.6 Å². The Balaban J connectivity index is 1.86. The first-order valence-corrected chi connectivity index (χ1v) is 9.83. The van der Waals surface area contributed by atoms with Gasteiger partial charge in [0, 0.05) is 38.7 Å². The second-order valence-electron chi connectivity index (χ2n) is 6.77. The number of aryl methyl sites for hydroxylation is 1. The lowest BCUT2D eigenvalue weighted by Crippen LogP contribution is -2.48. The van der Waals surface area contributed by atoms with E-state index in [1.54, 1.807) is 0 Å². The fourth-order valence-electron chi connectivity index (χ4n) is 3.35. The quantitative estimate of drug-likeness (QED) is 0.454. The summed E-state index contributed by atoms with van der Waals surface area (Å²) in [7, 11) is 0. The van der Waals surface area contributed by atoms with Gasteiger partial charge in [-0.2, -0.15) is 4.98 Å². The highest BCUT2D eigenvalue weighted by Crippen LogP contribution is 2.14. The summed E-state index contributed by atoms with van der Waals surface area (Å²) in [4.78, 5) is 40.9. The summed E-state index contributed by atoms with van der Waals surface area (Å²) in [5, 5.41) is 4.51. The van der Waals surface area contributed by atoms with Gasteiger partial charge in [-0.25, -0.2) is 4.79 Å². The lowest BCUT2D eigenvalue weighted by atomic mass is 10.1. The minimum absolute atomic E-state index is 0.0353. The molecule has 3 heterocycles. The molecule has 0 aromatic carbocycles. The van der Waals surface area contributed by atoms with Gasteiger partial charge in [0.05, 0.1) is 0 Å². The second kappa shape index (κ2) is 9.01.